The van der Waals surface area contributed by atoms with Crippen LogP contribution in [0.5, 0.6) is 0 Å². The van der Waals surface area contributed by atoms with Crippen molar-refractivity contribution in [2.75, 3.05) is 0 Å². The lowest BCUT2D eigenvalue weighted by Crippen LogP contribution is -2.34. The van der Waals surface area contributed by atoms with Gasteiger partial charge in [-0.1, -0.05) is 6.07 Å². The van der Waals surface area contributed by atoms with E-state index in [2.05, 4.69) is 4.72 Å². The van der Waals surface area contributed by atoms with Crippen LogP contribution in [0.2, 0.25) is 0 Å². The third-order valence-electron chi connectivity index (χ3n) is 2.78. The largest absolute Gasteiger partial charge is 0.332 e. The highest BCUT2D eigenvalue weighted by Crippen LogP contribution is 2.36. The zero-order valence-electron chi connectivity index (χ0n) is 9.55. The molecule has 0 aliphatic heterocycles. The van der Waals surface area contributed by atoms with E-state index in [-0.39, 0.29) is 4.90 Å². The molecule has 0 atom stereocenters. The van der Waals surface area contributed by atoms with Gasteiger partial charge in [-0.2, -0.15) is 8.42 Å². The summed E-state index contributed by atoms with van der Waals surface area (Å²) in [6, 6.07) is 4.23. The van der Waals surface area contributed by atoms with Crippen LogP contribution in [0.1, 0.15) is 19.8 Å². The summed E-state index contributed by atoms with van der Waals surface area (Å²) in [6.07, 6.45) is 1.46. The molecule has 0 unspecified atom stereocenters. The maximum atomic E-state index is 12.8. The summed E-state index contributed by atoms with van der Waals surface area (Å²) >= 11 is 0. The van der Waals surface area contributed by atoms with Crippen molar-refractivity contribution < 1.29 is 20.7 Å². The fourth-order valence-corrected chi connectivity index (χ4v) is 3.56. The van der Waals surface area contributed by atoms with Gasteiger partial charge >= 0.3 is 10.2 Å². The van der Waals surface area contributed by atoms with Crippen molar-refractivity contribution in [1.29, 1.82) is 0 Å². The SMILES string of the molecule is CC1(NS(=O)(=O)c2cccc(S(=O)(=O)F)c2)CC1. The summed E-state index contributed by atoms with van der Waals surface area (Å²) < 4.78 is 60.6. The summed E-state index contributed by atoms with van der Waals surface area (Å²) in [6.45, 7) is 1.75. The molecule has 18 heavy (non-hydrogen) atoms. The maximum Gasteiger partial charge on any atom is 0.332 e. The Kier molecular flexibility index (Phi) is 2.99. The number of hydrogen-bond acceptors (Lipinski definition) is 4. The van der Waals surface area contributed by atoms with Crippen molar-refractivity contribution in [3.63, 3.8) is 0 Å². The molecule has 0 heterocycles. The van der Waals surface area contributed by atoms with E-state index in [4.69, 9.17) is 0 Å². The van der Waals surface area contributed by atoms with Crippen LogP contribution in [0.3, 0.4) is 0 Å². The lowest BCUT2D eigenvalue weighted by Gasteiger charge is -2.12. The van der Waals surface area contributed by atoms with Gasteiger partial charge in [0.1, 0.15) is 0 Å². The molecule has 0 saturated heterocycles. The van der Waals surface area contributed by atoms with Gasteiger partial charge in [0.25, 0.3) is 0 Å². The van der Waals surface area contributed by atoms with E-state index in [1.54, 1.807) is 6.92 Å². The minimum atomic E-state index is -4.91. The molecule has 1 fully saturated rings. The van der Waals surface area contributed by atoms with Crippen molar-refractivity contribution in [1.82, 2.24) is 4.72 Å². The number of sulfonamides is 1. The molecule has 5 nitrogen and oxygen atoms in total. The van der Waals surface area contributed by atoms with Gasteiger partial charge < -0.3 is 0 Å². The molecule has 0 radical (unpaired) electrons. The lowest BCUT2D eigenvalue weighted by molar-refractivity contribution is 0.551. The monoisotopic (exact) mass is 293 g/mol. The van der Waals surface area contributed by atoms with Crippen LogP contribution in [0, 0.1) is 0 Å². The molecule has 1 aromatic rings. The normalized spacial score (nSPS) is 18.6. The molecule has 1 saturated carbocycles. The minimum Gasteiger partial charge on any atom is -0.207 e. The van der Waals surface area contributed by atoms with Crippen molar-refractivity contribution >= 4 is 20.2 Å². The van der Waals surface area contributed by atoms with Crippen molar-refractivity contribution in [3.8, 4) is 0 Å². The summed E-state index contributed by atoms with van der Waals surface area (Å²) in [7, 11) is -8.73. The average Bonchev–Trinajstić information content (AvgIpc) is 2.94. The molecule has 2 rings (SSSR count). The van der Waals surface area contributed by atoms with Gasteiger partial charge in [0.15, 0.2) is 0 Å². The third kappa shape index (κ3) is 2.88. The van der Waals surface area contributed by atoms with Gasteiger partial charge in [0, 0.05) is 5.54 Å². The second-order valence-electron chi connectivity index (χ2n) is 4.58. The topological polar surface area (TPSA) is 80.3 Å². The smallest absolute Gasteiger partial charge is 0.207 e. The summed E-state index contributed by atoms with van der Waals surface area (Å²) in [4.78, 5) is -0.916. The summed E-state index contributed by atoms with van der Waals surface area (Å²) in [5.41, 5.74) is -0.469. The number of hydrogen-bond donors (Lipinski definition) is 1. The molecular weight excluding hydrogens is 281 g/mol. The molecule has 8 heteroatoms. The predicted octanol–water partition coefficient (Wildman–Crippen LogP) is 1.18. The van der Waals surface area contributed by atoms with Crippen LogP contribution in [0.15, 0.2) is 34.1 Å². The van der Waals surface area contributed by atoms with E-state index in [0.717, 1.165) is 25.0 Å². The van der Waals surface area contributed by atoms with Crippen LogP contribution < -0.4 is 4.72 Å². The van der Waals surface area contributed by atoms with Crippen LogP contribution in [-0.4, -0.2) is 22.4 Å². The van der Waals surface area contributed by atoms with Gasteiger partial charge in [-0.05, 0) is 38.0 Å². The Morgan fingerprint density at radius 1 is 1.17 bits per heavy atom. The number of rotatable bonds is 4. The summed E-state index contributed by atoms with van der Waals surface area (Å²) in [5, 5.41) is 0. The molecule has 0 amide bonds. The highest BCUT2D eigenvalue weighted by Gasteiger charge is 2.41. The molecule has 1 aliphatic carbocycles. The van der Waals surface area contributed by atoms with Crippen molar-refractivity contribution in [2.45, 2.75) is 35.1 Å². The maximum absolute atomic E-state index is 12.8. The van der Waals surface area contributed by atoms with Gasteiger partial charge in [0.2, 0.25) is 10.0 Å². The molecule has 1 aliphatic rings. The third-order valence-corrected chi connectivity index (χ3v) is 5.23. The Hall–Kier alpha value is -0.990. The standard InChI is InChI=1S/C10H12FNO4S2/c1-10(5-6-10)12-18(15,16)9-4-2-3-8(7-9)17(11,13)14/h2-4,7,12H,5-6H2,1H3. The second-order valence-corrected chi connectivity index (χ2v) is 7.61. The molecule has 0 aromatic heterocycles. The average molecular weight is 293 g/mol. The fraction of sp³-hybridized carbons (Fsp3) is 0.400. The van der Waals surface area contributed by atoms with Crippen LogP contribution in [0.25, 0.3) is 0 Å². The van der Waals surface area contributed by atoms with Gasteiger partial charge in [-0.25, -0.2) is 13.1 Å². The number of halogens is 1. The predicted molar refractivity (Wildman–Crippen MR) is 62.7 cm³/mol. The fourth-order valence-electron chi connectivity index (χ4n) is 1.47. The Labute approximate surface area is 105 Å². The first kappa shape index (κ1) is 13.4. The molecular formula is C10H12FNO4S2. The van der Waals surface area contributed by atoms with E-state index in [1.165, 1.54) is 12.1 Å². The first-order chi connectivity index (χ1) is 8.12. The van der Waals surface area contributed by atoms with Crippen molar-refractivity contribution in [3.05, 3.63) is 24.3 Å². The zero-order valence-corrected chi connectivity index (χ0v) is 11.2. The van der Waals surface area contributed by atoms with E-state index in [9.17, 15) is 20.7 Å². The quantitative estimate of drug-likeness (QED) is 0.845. The molecule has 1 N–H and O–H groups in total. The molecule has 0 bridgehead atoms. The Bertz CT molecular complexity index is 678. The Balaban J connectivity index is 2.39. The van der Waals surface area contributed by atoms with Crippen LogP contribution in [0.4, 0.5) is 3.89 Å². The first-order valence-corrected chi connectivity index (χ1v) is 8.08. The van der Waals surface area contributed by atoms with Gasteiger partial charge in [-0.15, -0.1) is 3.89 Å². The van der Waals surface area contributed by atoms with E-state index < -0.39 is 30.7 Å². The van der Waals surface area contributed by atoms with Crippen molar-refractivity contribution in [2.24, 2.45) is 0 Å². The number of benzene rings is 1. The highest BCUT2D eigenvalue weighted by molar-refractivity contribution is 7.89. The molecule has 100 valence electrons. The lowest BCUT2D eigenvalue weighted by atomic mass is 10.4. The van der Waals surface area contributed by atoms with E-state index >= 15 is 0 Å². The van der Waals surface area contributed by atoms with Gasteiger partial charge in [0.05, 0.1) is 9.79 Å². The second kappa shape index (κ2) is 4.01. The number of nitrogens with one attached hydrogen (secondary N) is 1. The molecule has 0 spiro atoms. The van der Waals surface area contributed by atoms with Crippen LogP contribution in [-0.2, 0) is 20.2 Å². The Morgan fingerprint density at radius 2 is 1.72 bits per heavy atom. The zero-order chi connectivity index (χ0) is 13.6. The summed E-state index contributed by atoms with van der Waals surface area (Å²) in [5.74, 6) is 0. The molecule has 1 aromatic carbocycles. The minimum absolute atomic E-state index is 0.255. The van der Waals surface area contributed by atoms with E-state index in [1.807, 2.05) is 0 Å². The van der Waals surface area contributed by atoms with Crippen LogP contribution >= 0.6 is 0 Å². The van der Waals surface area contributed by atoms with Gasteiger partial charge in [-0.3, -0.25) is 0 Å². The van der Waals surface area contributed by atoms with E-state index in [0.29, 0.717) is 0 Å². The highest BCUT2D eigenvalue weighted by atomic mass is 32.3. The first-order valence-electron chi connectivity index (χ1n) is 5.21. The Morgan fingerprint density at radius 3 is 2.22 bits per heavy atom.